The molecular formula is C12H15NO2. The highest BCUT2D eigenvalue weighted by Crippen LogP contribution is 2.19. The van der Waals surface area contributed by atoms with Crippen LogP contribution in [0.4, 0.5) is 5.69 Å². The Bertz CT molecular complexity index is 377. The highest BCUT2D eigenvalue weighted by Gasteiger charge is 2.21. The van der Waals surface area contributed by atoms with Crippen molar-refractivity contribution < 1.29 is 9.59 Å². The Morgan fingerprint density at radius 1 is 1.27 bits per heavy atom. The van der Waals surface area contributed by atoms with E-state index >= 15 is 0 Å². The molecule has 0 spiro atoms. The second-order valence-corrected chi connectivity index (χ2v) is 4.41. The summed E-state index contributed by atoms with van der Waals surface area (Å²) in [4.78, 5) is 22.4. The number of carbonyl (C=O) groups excluding carboxylic acids is 2. The first kappa shape index (κ1) is 11.4. The van der Waals surface area contributed by atoms with E-state index in [4.69, 9.17) is 0 Å². The fourth-order valence-corrected chi connectivity index (χ4v) is 1.02. The van der Waals surface area contributed by atoms with Gasteiger partial charge in [0, 0.05) is 11.0 Å². The third kappa shape index (κ3) is 2.91. The SMILES string of the molecule is CC(C)(C)C(=O)Nc1ccccc1C=O. The quantitative estimate of drug-likeness (QED) is 0.754. The van der Waals surface area contributed by atoms with Crippen LogP contribution in [0, 0.1) is 5.41 Å². The van der Waals surface area contributed by atoms with Gasteiger partial charge in [0.05, 0.1) is 5.69 Å². The Balaban J connectivity index is 2.90. The van der Waals surface area contributed by atoms with Gasteiger partial charge in [0.15, 0.2) is 6.29 Å². The highest BCUT2D eigenvalue weighted by molar-refractivity contribution is 5.98. The van der Waals surface area contributed by atoms with E-state index in [-0.39, 0.29) is 5.91 Å². The first-order valence-electron chi connectivity index (χ1n) is 4.81. The Morgan fingerprint density at radius 3 is 2.40 bits per heavy atom. The largest absolute Gasteiger partial charge is 0.325 e. The van der Waals surface area contributed by atoms with Crippen LogP contribution >= 0.6 is 0 Å². The van der Waals surface area contributed by atoms with Crippen molar-refractivity contribution in [2.45, 2.75) is 20.8 Å². The van der Waals surface area contributed by atoms with E-state index in [9.17, 15) is 9.59 Å². The topological polar surface area (TPSA) is 46.2 Å². The Hall–Kier alpha value is -1.64. The van der Waals surface area contributed by atoms with E-state index in [2.05, 4.69) is 5.32 Å². The second-order valence-electron chi connectivity index (χ2n) is 4.41. The maximum absolute atomic E-state index is 11.7. The summed E-state index contributed by atoms with van der Waals surface area (Å²) in [6.45, 7) is 5.48. The Morgan fingerprint density at radius 2 is 1.87 bits per heavy atom. The second kappa shape index (κ2) is 4.26. The molecule has 3 nitrogen and oxygen atoms in total. The average Bonchev–Trinajstić information content (AvgIpc) is 2.17. The van der Waals surface area contributed by atoms with E-state index in [1.807, 2.05) is 20.8 Å². The summed E-state index contributed by atoms with van der Waals surface area (Å²) < 4.78 is 0. The van der Waals surface area contributed by atoms with E-state index in [0.29, 0.717) is 11.3 Å². The van der Waals surface area contributed by atoms with Crippen molar-refractivity contribution in [2.75, 3.05) is 5.32 Å². The Labute approximate surface area is 89.5 Å². The molecule has 1 amide bonds. The lowest BCUT2D eigenvalue weighted by Crippen LogP contribution is -2.28. The van der Waals surface area contributed by atoms with Crippen LogP contribution in [0.15, 0.2) is 24.3 Å². The maximum atomic E-state index is 11.7. The fourth-order valence-electron chi connectivity index (χ4n) is 1.02. The third-order valence-electron chi connectivity index (χ3n) is 2.02. The normalized spacial score (nSPS) is 10.9. The molecule has 15 heavy (non-hydrogen) atoms. The summed E-state index contributed by atoms with van der Waals surface area (Å²) in [6.07, 6.45) is 0.734. The molecule has 1 N–H and O–H groups in total. The zero-order chi connectivity index (χ0) is 11.5. The van der Waals surface area contributed by atoms with Crippen molar-refractivity contribution in [3.63, 3.8) is 0 Å². The van der Waals surface area contributed by atoms with Gasteiger partial charge in [-0.25, -0.2) is 0 Å². The molecule has 0 bridgehead atoms. The number of rotatable bonds is 2. The van der Waals surface area contributed by atoms with Gasteiger partial charge in [0.25, 0.3) is 0 Å². The molecule has 0 aromatic heterocycles. The van der Waals surface area contributed by atoms with Crippen LogP contribution in [-0.2, 0) is 4.79 Å². The van der Waals surface area contributed by atoms with Crippen LogP contribution in [-0.4, -0.2) is 12.2 Å². The molecule has 0 radical (unpaired) electrons. The standard InChI is InChI=1S/C12H15NO2/c1-12(2,3)11(15)13-10-7-5-4-6-9(10)8-14/h4-8H,1-3H3,(H,13,15). The molecule has 1 rings (SSSR count). The first-order valence-corrected chi connectivity index (χ1v) is 4.81. The molecule has 0 fully saturated rings. The lowest BCUT2D eigenvalue weighted by atomic mass is 9.95. The van der Waals surface area contributed by atoms with Gasteiger partial charge in [-0.3, -0.25) is 9.59 Å². The lowest BCUT2D eigenvalue weighted by molar-refractivity contribution is -0.123. The number of benzene rings is 1. The van der Waals surface area contributed by atoms with Gasteiger partial charge in [0.2, 0.25) is 5.91 Å². The molecule has 0 atom stereocenters. The molecule has 3 heteroatoms. The van der Waals surface area contributed by atoms with E-state index in [1.54, 1.807) is 24.3 Å². The van der Waals surface area contributed by atoms with Gasteiger partial charge in [-0.1, -0.05) is 32.9 Å². The average molecular weight is 205 g/mol. The number of para-hydroxylation sites is 1. The molecule has 1 aromatic carbocycles. The smallest absolute Gasteiger partial charge is 0.229 e. The predicted octanol–water partition coefficient (Wildman–Crippen LogP) is 2.48. The van der Waals surface area contributed by atoms with Crippen LogP contribution in [0.3, 0.4) is 0 Å². The molecule has 0 aliphatic heterocycles. The number of anilines is 1. The zero-order valence-corrected chi connectivity index (χ0v) is 9.20. The van der Waals surface area contributed by atoms with Gasteiger partial charge in [-0.2, -0.15) is 0 Å². The van der Waals surface area contributed by atoms with Gasteiger partial charge >= 0.3 is 0 Å². The minimum absolute atomic E-state index is 0.100. The molecule has 0 heterocycles. The van der Waals surface area contributed by atoms with Gasteiger partial charge < -0.3 is 5.32 Å². The summed E-state index contributed by atoms with van der Waals surface area (Å²) in [5, 5.41) is 2.73. The zero-order valence-electron chi connectivity index (χ0n) is 9.20. The molecule has 0 aliphatic rings. The minimum atomic E-state index is -0.462. The summed E-state index contributed by atoms with van der Waals surface area (Å²) in [5.41, 5.74) is 0.596. The van der Waals surface area contributed by atoms with E-state index in [0.717, 1.165) is 6.29 Å². The van der Waals surface area contributed by atoms with Crippen molar-refractivity contribution in [1.29, 1.82) is 0 Å². The van der Waals surface area contributed by atoms with Crippen molar-refractivity contribution in [2.24, 2.45) is 5.41 Å². The van der Waals surface area contributed by atoms with Crippen LogP contribution in [0.1, 0.15) is 31.1 Å². The van der Waals surface area contributed by atoms with E-state index in [1.165, 1.54) is 0 Å². The Kier molecular flexibility index (Phi) is 3.24. The minimum Gasteiger partial charge on any atom is -0.325 e. The number of hydrogen-bond donors (Lipinski definition) is 1. The fraction of sp³-hybridized carbons (Fsp3) is 0.333. The van der Waals surface area contributed by atoms with Crippen molar-refractivity contribution in [3.05, 3.63) is 29.8 Å². The summed E-state index contributed by atoms with van der Waals surface area (Å²) in [5.74, 6) is -0.100. The van der Waals surface area contributed by atoms with Crippen LogP contribution in [0.25, 0.3) is 0 Å². The molecule has 0 saturated heterocycles. The van der Waals surface area contributed by atoms with Crippen molar-refractivity contribution in [3.8, 4) is 0 Å². The highest BCUT2D eigenvalue weighted by atomic mass is 16.2. The number of carbonyl (C=O) groups is 2. The monoisotopic (exact) mass is 205 g/mol. The van der Waals surface area contributed by atoms with E-state index < -0.39 is 5.41 Å². The molecule has 0 saturated carbocycles. The number of nitrogens with one attached hydrogen (secondary N) is 1. The van der Waals surface area contributed by atoms with Crippen LogP contribution in [0.5, 0.6) is 0 Å². The molecule has 0 aliphatic carbocycles. The summed E-state index contributed by atoms with van der Waals surface area (Å²) in [6, 6.07) is 6.93. The van der Waals surface area contributed by atoms with Crippen LogP contribution in [0.2, 0.25) is 0 Å². The molecule has 1 aromatic rings. The van der Waals surface area contributed by atoms with Gasteiger partial charge in [0.1, 0.15) is 0 Å². The predicted molar refractivity (Wildman–Crippen MR) is 59.9 cm³/mol. The van der Waals surface area contributed by atoms with Crippen LogP contribution < -0.4 is 5.32 Å². The number of hydrogen-bond acceptors (Lipinski definition) is 2. The molecular weight excluding hydrogens is 190 g/mol. The summed E-state index contributed by atoms with van der Waals surface area (Å²) >= 11 is 0. The molecule has 80 valence electrons. The van der Waals surface area contributed by atoms with Gasteiger partial charge in [-0.15, -0.1) is 0 Å². The lowest BCUT2D eigenvalue weighted by Gasteiger charge is -2.18. The van der Waals surface area contributed by atoms with Crippen molar-refractivity contribution in [1.82, 2.24) is 0 Å². The number of aldehydes is 1. The maximum Gasteiger partial charge on any atom is 0.229 e. The van der Waals surface area contributed by atoms with Crippen molar-refractivity contribution >= 4 is 17.9 Å². The molecule has 0 unspecified atom stereocenters. The summed E-state index contributed by atoms with van der Waals surface area (Å²) in [7, 11) is 0. The third-order valence-corrected chi connectivity index (χ3v) is 2.02. The van der Waals surface area contributed by atoms with Gasteiger partial charge in [-0.05, 0) is 12.1 Å². The number of amides is 1. The first-order chi connectivity index (χ1) is 6.95.